The molecular weight excluding hydrogens is 280 g/mol. The van der Waals surface area contributed by atoms with Crippen LogP contribution in [0.4, 0.5) is 14.5 Å². The smallest absolute Gasteiger partial charge is 0.262 e. The zero-order valence-electron chi connectivity index (χ0n) is 10.8. The summed E-state index contributed by atoms with van der Waals surface area (Å²) in [5.74, 6) is -1.67. The molecule has 0 atom stereocenters. The van der Waals surface area contributed by atoms with Crippen LogP contribution in [0.3, 0.4) is 0 Å². The van der Waals surface area contributed by atoms with Gasteiger partial charge in [-0.3, -0.25) is 9.59 Å². The van der Waals surface area contributed by atoms with Crippen molar-refractivity contribution >= 4 is 17.9 Å². The van der Waals surface area contributed by atoms with Crippen LogP contribution in [-0.4, -0.2) is 18.8 Å². The third kappa shape index (κ3) is 3.85. The number of carbonyl (C=O) groups excluding carboxylic acids is 2. The second kappa shape index (κ2) is 6.60. The summed E-state index contributed by atoms with van der Waals surface area (Å²) in [6, 6.07) is 9.03. The van der Waals surface area contributed by atoms with E-state index < -0.39 is 24.1 Å². The van der Waals surface area contributed by atoms with Gasteiger partial charge in [-0.05, 0) is 30.3 Å². The summed E-state index contributed by atoms with van der Waals surface area (Å²) < 4.78 is 31.4. The van der Waals surface area contributed by atoms with Gasteiger partial charge in [0.15, 0.2) is 12.9 Å². The van der Waals surface area contributed by atoms with E-state index in [4.69, 9.17) is 4.74 Å². The summed E-state index contributed by atoms with van der Waals surface area (Å²) in [6.45, 7) is -0.430. The minimum absolute atomic E-state index is 0.00584. The summed E-state index contributed by atoms with van der Waals surface area (Å²) in [6.07, 6.45) is 0.424. The molecule has 0 unspecified atom stereocenters. The predicted octanol–water partition coefficient (Wildman–Crippen LogP) is 2.79. The maximum Gasteiger partial charge on any atom is 0.262 e. The summed E-state index contributed by atoms with van der Waals surface area (Å²) >= 11 is 0. The Hall–Kier alpha value is -2.76. The quantitative estimate of drug-likeness (QED) is 0.862. The highest BCUT2D eigenvalue weighted by Gasteiger charge is 2.09. The van der Waals surface area contributed by atoms with E-state index in [0.717, 1.165) is 12.1 Å². The lowest BCUT2D eigenvalue weighted by Crippen LogP contribution is -2.21. The number of anilines is 1. The van der Waals surface area contributed by atoms with Gasteiger partial charge in [-0.2, -0.15) is 0 Å². The monoisotopic (exact) mass is 291 g/mol. The van der Waals surface area contributed by atoms with Crippen LogP contribution in [0, 0.1) is 11.6 Å². The molecule has 2 aromatic carbocycles. The highest BCUT2D eigenvalue weighted by Crippen LogP contribution is 2.18. The first-order chi connectivity index (χ1) is 10.1. The minimum atomic E-state index is -0.596. The van der Waals surface area contributed by atoms with Gasteiger partial charge in [0.25, 0.3) is 5.91 Å². The Morgan fingerprint density at radius 2 is 1.95 bits per heavy atom. The van der Waals surface area contributed by atoms with E-state index in [-0.39, 0.29) is 17.0 Å². The number of aldehydes is 1. The molecule has 0 aliphatic carbocycles. The van der Waals surface area contributed by atoms with Crippen molar-refractivity contribution in [2.45, 2.75) is 0 Å². The molecule has 21 heavy (non-hydrogen) atoms. The van der Waals surface area contributed by atoms with Crippen molar-refractivity contribution in [3.63, 3.8) is 0 Å². The van der Waals surface area contributed by atoms with Gasteiger partial charge in [0.1, 0.15) is 17.4 Å². The molecule has 0 aliphatic rings. The average Bonchev–Trinajstić information content (AvgIpc) is 2.48. The molecule has 0 aromatic heterocycles. The number of rotatable bonds is 5. The molecule has 0 saturated heterocycles. The summed E-state index contributed by atoms with van der Waals surface area (Å²) in [4.78, 5) is 22.4. The lowest BCUT2D eigenvalue weighted by molar-refractivity contribution is -0.118. The van der Waals surface area contributed by atoms with Crippen LogP contribution in [0.5, 0.6) is 5.75 Å². The summed E-state index contributed by atoms with van der Waals surface area (Å²) in [7, 11) is 0. The standard InChI is InChI=1S/C15H11F2NO3/c16-11-5-6-14(10(7-11)8-19)21-9-15(20)18-13-4-2-1-3-12(13)17/h1-8H,9H2,(H,18,20). The molecule has 2 rings (SSSR count). The number of benzene rings is 2. The van der Waals surface area contributed by atoms with E-state index in [0.29, 0.717) is 6.29 Å². The van der Waals surface area contributed by atoms with E-state index >= 15 is 0 Å². The summed E-state index contributed by atoms with van der Waals surface area (Å²) in [5, 5.41) is 2.33. The fourth-order valence-electron chi connectivity index (χ4n) is 1.64. The van der Waals surface area contributed by atoms with Crippen LogP contribution < -0.4 is 10.1 Å². The fraction of sp³-hybridized carbons (Fsp3) is 0.0667. The maximum absolute atomic E-state index is 13.3. The second-order valence-electron chi connectivity index (χ2n) is 4.12. The molecule has 0 aliphatic heterocycles. The highest BCUT2D eigenvalue weighted by molar-refractivity contribution is 5.92. The lowest BCUT2D eigenvalue weighted by Gasteiger charge is -2.09. The van der Waals surface area contributed by atoms with E-state index in [1.165, 1.54) is 24.3 Å². The molecule has 108 valence electrons. The van der Waals surface area contributed by atoms with E-state index in [9.17, 15) is 18.4 Å². The molecule has 4 nitrogen and oxygen atoms in total. The molecule has 1 N–H and O–H groups in total. The van der Waals surface area contributed by atoms with Crippen molar-refractivity contribution in [3.8, 4) is 5.75 Å². The number of hydrogen-bond acceptors (Lipinski definition) is 3. The van der Waals surface area contributed by atoms with Gasteiger partial charge in [0.05, 0.1) is 11.3 Å². The van der Waals surface area contributed by atoms with Gasteiger partial charge >= 0.3 is 0 Å². The number of ether oxygens (including phenoxy) is 1. The maximum atomic E-state index is 13.3. The third-order valence-electron chi connectivity index (χ3n) is 2.61. The third-order valence-corrected chi connectivity index (χ3v) is 2.61. The van der Waals surface area contributed by atoms with Crippen LogP contribution in [-0.2, 0) is 4.79 Å². The van der Waals surface area contributed by atoms with E-state index in [1.54, 1.807) is 6.07 Å². The number of para-hydroxylation sites is 1. The van der Waals surface area contributed by atoms with Crippen molar-refractivity contribution < 1.29 is 23.1 Å². The second-order valence-corrected chi connectivity index (χ2v) is 4.12. The Morgan fingerprint density at radius 1 is 1.19 bits per heavy atom. The van der Waals surface area contributed by atoms with Crippen molar-refractivity contribution in [1.29, 1.82) is 0 Å². The van der Waals surface area contributed by atoms with Crippen LogP contribution in [0.2, 0.25) is 0 Å². The van der Waals surface area contributed by atoms with Gasteiger partial charge in [-0.15, -0.1) is 0 Å². The molecule has 0 radical (unpaired) electrons. The Labute approximate surface area is 119 Å². The van der Waals surface area contributed by atoms with Gasteiger partial charge in [0, 0.05) is 0 Å². The van der Waals surface area contributed by atoms with Gasteiger partial charge < -0.3 is 10.1 Å². The molecule has 0 saturated carbocycles. The van der Waals surface area contributed by atoms with Gasteiger partial charge in [0.2, 0.25) is 0 Å². The topological polar surface area (TPSA) is 55.4 Å². The van der Waals surface area contributed by atoms with Crippen LogP contribution >= 0.6 is 0 Å². The first kappa shape index (κ1) is 14.6. The highest BCUT2D eigenvalue weighted by atomic mass is 19.1. The van der Waals surface area contributed by atoms with Gasteiger partial charge in [-0.1, -0.05) is 12.1 Å². The molecule has 1 amide bonds. The Bertz CT molecular complexity index is 674. The zero-order valence-corrected chi connectivity index (χ0v) is 10.8. The molecule has 0 bridgehead atoms. The first-order valence-electron chi connectivity index (χ1n) is 6.02. The Morgan fingerprint density at radius 3 is 2.67 bits per heavy atom. The van der Waals surface area contributed by atoms with E-state index in [1.807, 2.05) is 0 Å². The minimum Gasteiger partial charge on any atom is -0.483 e. The molecular formula is C15H11F2NO3. The van der Waals surface area contributed by atoms with Crippen molar-refractivity contribution in [3.05, 3.63) is 59.7 Å². The van der Waals surface area contributed by atoms with Crippen molar-refractivity contribution in [2.24, 2.45) is 0 Å². The van der Waals surface area contributed by atoms with Gasteiger partial charge in [-0.25, -0.2) is 8.78 Å². The Kier molecular flexibility index (Phi) is 4.61. The molecule has 0 spiro atoms. The zero-order chi connectivity index (χ0) is 15.2. The largest absolute Gasteiger partial charge is 0.483 e. The first-order valence-corrected chi connectivity index (χ1v) is 6.02. The summed E-state index contributed by atoms with van der Waals surface area (Å²) in [5.41, 5.74) is 0.0227. The number of hydrogen-bond donors (Lipinski definition) is 1. The molecule has 0 fully saturated rings. The lowest BCUT2D eigenvalue weighted by atomic mass is 10.2. The van der Waals surface area contributed by atoms with Crippen molar-refractivity contribution in [2.75, 3.05) is 11.9 Å². The number of amides is 1. The number of carbonyl (C=O) groups is 2. The average molecular weight is 291 g/mol. The van der Waals surface area contributed by atoms with Crippen LogP contribution in [0.25, 0.3) is 0 Å². The normalized spacial score (nSPS) is 10.0. The fourth-order valence-corrected chi connectivity index (χ4v) is 1.64. The number of halogens is 2. The van der Waals surface area contributed by atoms with Crippen LogP contribution in [0.1, 0.15) is 10.4 Å². The molecule has 2 aromatic rings. The SMILES string of the molecule is O=Cc1cc(F)ccc1OCC(=O)Nc1ccccc1F. The molecule has 6 heteroatoms. The van der Waals surface area contributed by atoms with E-state index in [2.05, 4.69) is 5.32 Å². The Balaban J connectivity index is 1.99. The van der Waals surface area contributed by atoms with Crippen molar-refractivity contribution in [1.82, 2.24) is 0 Å². The molecule has 0 heterocycles. The predicted molar refractivity (Wildman–Crippen MR) is 72.3 cm³/mol. The van der Waals surface area contributed by atoms with Crippen LogP contribution in [0.15, 0.2) is 42.5 Å². The number of nitrogens with one attached hydrogen (secondary N) is 1.